The summed E-state index contributed by atoms with van der Waals surface area (Å²) in [6.45, 7) is 7.90. The molecule has 19 heavy (non-hydrogen) atoms. The molecule has 3 rings (SSSR count). The van der Waals surface area contributed by atoms with E-state index in [2.05, 4.69) is 19.8 Å². The number of nitrogen functional groups attached to an aromatic ring is 1. The van der Waals surface area contributed by atoms with Crippen molar-refractivity contribution in [2.45, 2.75) is 26.2 Å². The predicted molar refractivity (Wildman–Crippen MR) is 77.2 cm³/mol. The molecular formula is C14H23N5. The van der Waals surface area contributed by atoms with Crippen LogP contribution >= 0.6 is 0 Å². The van der Waals surface area contributed by atoms with Gasteiger partial charge in [-0.05, 0) is 45.2 Å². The van der Waals surface area contributed by atoms with E-state index in [-0.39, 0.29) is 0 Å². The summed E-state index contributed by atoms with van der Waals surface area (Å²) in [4.78, 5) is 13.7. The van der Waals surface area contributed by atoms with Crippen LogP contribution < -0.4 is 10.6 Å². The van der Waals surface area contributed by atoms with Gasteiger partial charge in [-0.15, -0.1) is 0 Å². The van der Waals surface area contributed by atoms with Crippen molar-refractivity contribution < 1.29 is 0 Å². The van der Waals surface area contributed by atoms with Gasteiger partial charge >= 0.3 is 0 Å². The van der Waals surface area contributed by atoms with Crippen LogP contribution in [0.5, 0.6) is 0 Å². The molecule has 0 spiro atoms. The number of hydrogen-bond acceptors (Lipinski definition) is 5. The van der Waals surface area contributed by atoms with Gasteiger partial charge in [-0.3, -0.25) is 0 Å². The Bertz CT molecular complexity index is 421. The maximum absolute atomic E-state index is 5.81. The van der Waals surface area contributed by atoms with E-state index in [0.29, 0.717) is 5.82 Å². The lowest BCUT2D eigenvalue weighted by atomic mass is 10.1. The Morgan fingerprint density at radius 3 is 2.79 bits per heavy atom. The van der Waals surface area contributed by atoms with Crippen molar-refractivity contribution >= 4 is 11.8 Å². The van der Waals surface area contributed by atoms with Crippen LogP contribution in [0.2, 0.25) is 0 Å². The molecule has 104 valence electrons. The van der Waals surface area contributed by atoms with Gasteiger partial charge in [0.25, 0.3) is 0 Å². The summed E-state index contributed by atoms with van der Waals surface area (Å²) in [5.74, 6) is 2.13. The van der Waals surface area contributed by atoms with Gasteiger partial charge < -0.3 is 15.5 Å². The number of nitrogens with two attached hydrogens (primary N) is 1. The SMILES string of the molecule is Cc1cc(N)nc(N2CCC(CN3CCCC3)C2)n1. The van der Waals surface area contributed by atoms with E-state index in [4.69, 9.17) is 5.73 Å². The Kier molecular flexibility index (Phi) is 3.55. The molecule has 5 nitrogen and oxygen atoms in total. The molecule has 0 aliphatic carbocycles. The van der Waals surface area contributed by atoms with E-state index in [1.807, 2.05) is 13.0 Å². The van der Waals surface area contributed by atoms with E-state index in [0.717, 1.165) is 30.6 Å². The quantitative estimate of drug-likeness (QED) is 0.888. The van der Waals surface area contributed by atoms with E-state index in [1.54, 1.807) is 0 Å². The normalized spacial score (nSPS) is 24.3. The molecule has 0 saturated carbocycles. The summed E-state index contributed by atoms with van der Waals surface area (Å²) in [5.41, 5.74) is 6.76. The van der Waals surface area contributed by atoms with Gasteiger partial charge in [-0.1, -0.05) is 0 Å². The highest BCUT2D eigenvalue weighted by atomic mass is 15.3. The van der Waals surface area contributed by atoms with Crippen molar-refractivity contribution in [1.82, 2.24) is 14.9 Å². The second kappa shape index (κ2) is 5.33. The van der Waals surface area contributed by atoms with E-state index in [9.17, 15) is 0 Å². The second-order valence-corrected chi connectivity index (χ2v) is 5.84. The first-order chi connectivity index (χ1) is 9.20. The maximum atomic E-state index is 5.81. The molecule has 2 N–H and O–H groups in total. The van der Waals surface area contributed by atoms with Crippen LogP contribution in [-0.4, -0.2) is 47.6 Å². The predicted octanol–water partition coefficient (Wildman–Crippen LogP) is 1.29. The van der Waals surface area contributed by atoms with Crippen molar-refractivity contribution in [3.8, 4) is 0 Å². The molecule has 1 atom stereocenters. The molecule has 0 amide bonds. The van der Waals surface area contributed by atoms with E-state index >= 15 is 0 Å². The number of aryl methyl sites for hydroxylation is 1. The highest BCUT2D eigenvalue weighted by molar-refractivity contribution is 5.41. The van der Waals surface area contributed by atoms with Crippen LogP contribution in [0.4, 0.5) is 11.8 Å². The third-order valence-corrected chi connectivity index (χ3v) is 4.15. The van der Waals surface area contributed by atoms with Crippen LogP contribution in [0.3, 0.4) is 0 Å². The molecule has 3 heterocycles. The minimum Gasteiger partial charge on any atom is -0.384 e. The topological polar surface area (TPSA) is 58.3 Å². The molecule has 0 bridgehead atoms. The van der Waals surface area contributed by atoms with Crippen LogP contribution in [0.1, 0.15) is 25.0 Å². The third-order valence-electron chi connectivity index (χ3n) is 4.15. The fraction of sp³-hybridized carbons (Fsp3) is 0.714. The second-order valence-electron chi connectivity index (χ2n) is 5.84. The average Bonchev–Trinajstić information content (AvgIpc) is 2.99. The van der Waals surface area contributed by atoms with Crippen molar-refractivity contribution in [2.24, 2.45) is 5.92 Å². The molecule has 2 saturated heterocycles. The van der Waals surface area contributed by atoms with Crippen molar-refractivity contribution in [1.29, 1.82) is 0 Å². The standard InChI is InChI=1S/C14H23N5/c1-11-8-13(15)17-14(16-11)19-7-4-12(10-19)9-18-5-2-3-6-18/h8,12H,2-7,9-10H2,1H3,(H2,15,16,17). The van der Waals surface area contributed by atoms with Gasteiger partial charge in [-0.25, -0.2) is 4.98 Å². The van der Waals surface area contributed by atoms with E-state index < -0.39 is 0 Å². The maximum Gasteiger partial charge on any atom is 0.227 e. The molecule has 1 aromatic rings. The molecule has 2 aliphatic rings. The highest BCUT2D eigenvalue weighted by Crippen LogP contribution is 2.23. The zero-order chi connectivity index (χ0) is 13.2. The fourth-order valence-corrected chi connectivity index (χ4v) is 3.21. The number of hydrogen-bond donors (Lipinski definition) is 1. The summed E-state index contributed by atoms with van der Waals surface area (Å²) in [7, 11) is 0. The number of likely N-dealkylation sites (tertiary alicyclic amines) is 1. The molecule has 2 fully saturated rings. The summed E-state index contributed by atoms with van der Waals surface area (Å²) in [6.07, 6.45) is 3.98. The number of aromatic nitrogens is 2. The minimum absolute atomic E-state index is 0.575. The van der Waals surface area contributed by atoms with Gasteiger partial charge in [0.1, 0.15) is 5.82 Å². The van der Waals surface area contributed by atoms with Crippen molar-refractivity contribution in [3.63, 3.8) is 0 Å². The van der Waals surface area contributed by atoms with Gasteiger partial charge in [0.05, 0.1) is 0 Å². The van der Waals surface area contributed by atoms with Gasteiger partial charge in [0.15, 0.2) is 0 Å². The molecular weight excluding hydrogens is 238 g/mol. The number of nitrogens with zero attached hydrogens (tertiary/aromatic N) is 4. The summed E-state index contributed by atoms with van der Waals surface area (Å²) in [6, 6.07) is 1.82. The van der Waals surface area contributed by atoms with E-state index in [1.165, 1.54) is 38.9 Å². The monoisotopic (exact) mass is 261 g/mol. The molecule has 0 radical (unpaired) electrons. The molecule has 2 aliphatic heterocycles. The Labute approximate surface area is 114 Å². The van der Waals surface area contributed by atoms with Gasteiger partial charge in [-0.2, -0.15) is 4.98 Å². The Morgan fingerprint density at radius 1 is 1.26 bits per heavy atom. The Balaban J connectivity index is 1.61. The average molecular weight is 261 g/mol. The zero-order valence-corrected chi connectivity index (χ0v) is 11.7. The highest BCUT2D eigenvalue weighted by Gasteiger charge is 2.27. The number of rotatable bonds is 3. The molecule has 1 aromatic heterocycles. The van der Waals surface area contributed by atoms with Crippen LogP contribution in [0, 0.1) is 12.8 Å². The first-order valence-corrected chi connectivity index (χ1v) is 7.29. The first kappa shape index (κ1) is 12.7. The van der Waals surface area contributed by atoms with Gasteiger partial charge in [0, 0.05) is 31.4 Å². The van der Waals surface area contributed by atoms with Crippen molar-refractivity contribution in [2.75, 3.05) is 43.4 Å². The summed E-state index contributed by atoms with van der Waals surface area (Å²) < 4.78 is 0. The largest absolute Gasteiger partial charge is 0.384 e. The van der Waals surface area contributed by atoms with Crippen molar-refractivity contribution in [3.05, 3.63) is 11.8 Å². The first-order valence-electron chi connectivity index (χ1n) is 7.29. The minimum atomic E-state index is 0.575. The lowest BCUT2D eigenvalue weighted by Crippen LogP contribution is -2.29. The van der Waals surface area contributed by atoms with Crippen LogP contribution in [0.25, 0.3) is 0 Å². The molecule has 5 heteroatoms. The zero-order valence-electron chi connectivity index (χ0n) is 11.7. The van der Waals surface area contributed by atoms with Gasteiger partial charge in [0.2, 0.25) is 5.95 Å². The molecule has 1 unspecified atom stereocenters. The lowest BCUT2D eigenvalue weighted by molar-refractivity contribution is 0.289. The Hall–Kier alpha value is -1.36. The third kappa shape index (κ3) is 2.97. The molecule has 0 aromatic carbocycles. The van der Waals surface area contributed by atoms with Crippen LogP contribution in [0.15, 0.2) is 6.07 Å². The van der Waals surface area contributed by atoms with Crippen LogP contribution in [-0.2, 0) is 0 Å². The fourth-order valence-electron chi connectivity index (χ4n) is 3.21. The smallest absolute Gasteiger partial charge is 0.227 e. The summed E-state index contributed by atoms with van der Waals surface area (Å²) >= 11 is 0. The summed E-state index contributed by atoms with van der Waals surface area (Å²) in [5, 5.41) is 0. The Morgan fingerprint density at radius 2 is 2.05 bits per heavy atom. The number of anilines is 2. The lowest BCUT2D eigenvalue weighted by Gasteiger charge is -2.20.